The van der Waals surface area contributed by atoms with Gasteiger partial charge in [0, 0.05) is 18.8 Å². The number of pyridine rings is 1. The summed E-state index contributed by atoms with van der Waals surface area (Å²) in [7, 11) is 0. The first kappa shape index (κ1) is 28.6. The van der Waals surface area contributed by atoms with Crippen molar-refractivity contribution in [2.75, 3.05) is 5.32 Å². The van der Waals surface area contributed by atoms with Crippen LogP contribution in [0.2, 0.25) is 5.02 Å². The SMILES string of the molecule is Cc1cc(CN)cc(C(=O)NC(C)C)c1NC(=O)c1cc(Cn2nnnc2C(F)(F)F)nn1-c1ncccc1Cl. The molecule has 12 nitrogen and oxygen atoms in total. The van der Waals surface area contributed by atoms with E-state index in [1.54, 1.807) is 39.0 Å². The number of nitrogens with zero attached hydrogens (tertiary/aromatic N) is 7. The first-order chi connectivity index (χ1) is 18.9. The number of anilines is 1. The number of aromatic nitrogens is 7. The summed E-state index contributed by atoms with van der Waals surface area (Å²) in [6, 6.07) is 7.47. The summed E-state index contributed by atoms with van der Waals surface area (Å²) in [6.07, 6.45) is -3.39. The van der Waals surface area contributed by atoms with Crippen molar-refractivity contribution in [3.05, 3.63) is 75.5 Å². The lowest BCUT2D eigenvalue weighted by molar-refractivity contribution is -0.147. The Morgan fingerprint density at radius 3 is 2.58 bits per heavy atom. The van der Waals surface area contributed by atoms with Crippen molar-refractivity contribution in [1.82, 2.24) is 40.3 Å². The van der Waals surface area contributed by atoms with Crippen LogP contribution < -0.4 is 16.4 Å². The molecule has 0 bridgehead atoms. The summed E-state index contributed by atoms with van der Waals surface area (Å²) in [4.78, 5) is 30.8. The average molecular weight is 577 g/mol. The van der Waals surface area contributed by atoms with Crippen molar-refractivity contribution in [2.45, 2.75) is 46.1 Å². The molecule has 1 aromatic carbocycles. The van der Waals surface area contributed by atoms with E-state index in [4.69, 9.17) is 17.3 Å². The van der Waals surface area contributed by atoms with E-state index in [0.717, 1.165) is 4.68 Å². The van der Waals surface area contributed by atoms with Crippen molar-refractivity contribution in [1.29, 1.82) is 0 Å². The van der Waals surface area contributed by atoms with E-state index in [9.17, 15) is 22.8 Å². The monoisotopic (exact) mass is 576 g/mol. The highest BCUT2D eigenvalue weighted by molar-refractivity contribution is 6.32. The Morgan fingerprint density at radius 1 is 1.18 bits per heavy atom. The number of aryl methyl sites for hydroxylation is 1. The molecule has 4 aromatic rings. The largest absolute Gasteiger partial charge is 0.453 e. The van der Waals surface area contributed by atoms with Gasteiger partial charge in [-0.15, -0.1) is 5.10 Å². The van der Waals surface area contributed by atoms with Crippen LogP contribution in [-0.2, 0) is 19.3 Å². The molecule has 0 unspecified atom stereocenters. The van der Waals surface area contributed by atoms with E-state index in [0.29, 0.717) is 15.8 Å². The van der Waals surface area contributed by atoms with E-state index >= 15 is 0 Å². The van der Waals surface area contributed by atoms with Gasteiger partial charge in [0.25, 0.3) is 17.6 Å². The van der Waals surface area contributed by atoms with Crippen LogP contribution in [0.15, 0.2) is 36.5 Å². The van der Waals surface area contributed by atoms with Crippen LogP contribution in [0.25, 0.3) is 5.82 Å². The number of halogens is 4. The Kier molecular flexibility index (Phi) is 8.16. The highest BCUT2D eigenvalue weighted by atomic mass is 35.5. The molecule has 210 valence electrons. The highest BCUT2D eigenvalue weighted by Gasteiger charge is 2.38. The second-order valence-corrected chi connectivity index (χ2v) is 9.43. The zero-order valence-electron chi connectivity index (χ0n) is 21.5. The summed E-state index contributed by atoms with van der Waals surface area (Å²) < 4.78 is 41.5. The molecule has 0 aliphatic carbocycles. The molecule has 0 aliphatic heterocycles. The third kappa shape index (κ3) is 6.10. The van der Waals surface area contributed by atoms with Gasteiger partial charge < -0.3 is 16.4 Å². The summed E-state index contributed by atoms with van der Waals surface area (Å²) in [5.74, 6) is -2.43. The lowest BCUT2D eigenvalue weighted by atomic mass is 10.0. The van der Waals surface area contributed by atoms with Crippen molar-refractivity contribution in [2.24, 2.45) is 5.73 Å². The van der Waals surface area contributed by atoms with Crippen LogP contribution in [0.1, 0.15) is 57.3 Å². The van der Waals surface area contributed by atoms with Crippen LogP contribution in [0.3, 0.4) is 0 Å². The number of carbonyl (C=O) groups is 2. The van der Waals surface area contributed by atoms with E-state index in [2.05, 4.69) is 36.2 Å². The predicted octanol–water partition coefficient (Wildman–Crippen LogP) is 3.13. The van der Waals surface area contributed by atoms with Crippen molar-refractivity contribution in [3.8, 4) is 5.82 Å². The number of carbonyl (C=O) groups excluding carboxylic acids is 2. The molecule has 16 heteroatoms. The number of nitrogens with two attached hydrogens (primary N) is 1. The third-order valence-electron chi connectivity index (χ3n) is 5.56. The molecule has 4 rings (SSSR count). The van der Waals surface area contributed by atoms with Crippen LogP contribution in [-0.4, -0.2) is 52.8 Å². The Bertz CT molecular complexity index is 1560. The number of benzene rings is 1. The van der Waals surface area contributed by atoms with E-state index in [-0.39, 0.29) is 46.1 Å². The third-order valence-corrected chi connectivity index (χ3v) is 5.86. The molecule has 0 aliphatic rings. The Labute approximate surface area is 230 Å². The maximum absolute atomic E-state index is 13.6. The fourth-order valence-corrected chi connectivity index (χ4v) is 4.08. The first-order valence-corrected chi connectivity index (χ1v) is 12.3. The maximum Gasteiger partial charge on any atom is 0.453 e. The zero-order chi connectivity index (χ0) is 29.2. The standard InChI is InChI=1S/C24H24ClF3N10O2/c1-12(2)31-21(39)16-8-14(10-29)7-13(3)19(16)32-22(40)18-9-15(11-37-23(24(26,27)28)33-35-36-37)34-38(18)20-17(25)5-4-6-30-20/h4-9,12H,10-11,29H2,1-3H3,(H,31,39)(H,32,40). The number of hydrogen-bond acceptors (Lipinski definition) is 8. The lowest BCUT2D eigenvalue weighted by Gasteiger charge is -2.17. The van der Waals surface area contributed by atoms with Crippen LogP contribution >= 0.6 is 11.6 Å². The van der Waals surface area contributed by atoms with Gasteiger partial charge in [-0.05, 0) is 66.6 Å². The molecule has 40 heavy (non-hydrogen) atoms. The van der Waals surface area contributed by atoms with Crippen LogP contribution in [0.5, 0.6) is 0 Å². The minimum absolute atomic E-state index is 0.0117. The molecule has 0 atom stereocenters. The molecule has 0 spiro atoms. The lowest BCUT2D eigenvalue weighted by Crippen LogP contribution is -2.31. The molecular formula is C24H24ClF3N10O2. The molecule has 4 N–H and O–H groups in total. The van der Waals surface area contributed by atoms with Crippen molar-refractivity contribution in [3.63, 3.8) is 0 Å². The van der Waals surface area contributed by atoms with Crippen molar-refractivity contribution >= 4 is 29.1 Å². The molecule has 0 saturated heterocycles. The molecule has 2 amide bonds. The second kappa shape index (κ2) is 11.4. The second-order valence-electron chi connectivity index (χ2n) is 9.02. The smallest absolute Gasteiger partial charge is 0.350 e. The van der Waals surface area contributed by atoms with E-state index in [1.807, 2.05) is 0 Å². The Morgan fingerprint density at radius 2 is 1.93 bits per heavy atom. The number of alkyl halides is 3. The highest BCUT2D eigenvalue weighted by Crippen LogP contribution is 2.28. The van der Waals surface area contributed by atoms with Gasteiger partial charge in [-0.2, -0.15) is 18.3 Å². The van der Waals surface area contributed by atoms with Crippen LogP contribution in [0.4, 0.5) is 18.9 Å². The van der Waals surface area contributed by atoms with Gasteiger partial charge in [0.05, 0.1) is 28.5 Å². The zero-order valence-corrected chi connectivity index (χ0v) is 22.2. The van der Waals surface area contributed by atoms with Gasteiger partial charge >= 0.3 is 6.18 Å². The Hall–Kier alpha value is -4.37. The number of hydrogen-bond donors (Lipinski definition) is 3. The molecule has 3 aromatic heterocycles. The molecule has 0 saturated carbocycles. The van der Waals surface area contributed by atoms with Crippen LogP contribution in [0, 0.1) is 6.92 Å². The number of nitrogens with one attached hydrogen (secondary N) is 2. The van der Waals surface area contributed by atoms with E-state index in [1.165, 1.54) is 18.3 Å². The van der Waals surface area contributed by atoms with Gasteiger partial charge in [0.1, 0.15) is 5.69 Å². The predicted molar refractivity (Wildman–Crippen MR) is 138 cm³/mol. The summed E-state index contributed by atoms with van der Waals surface area (Å²) in [5, 5.41) is 19.5. The normalized spacial score (nSPS) is 11.6. The van der Waals surface area contributed by atoms with Crippen molar-refractivity contribution < 1.29 is 22.8 Å². The van der Waals surface area contributed by atoms with Gasteiger partial charge in [-0.3, -0.25) is 9.59 Å². The number of tetrazole rings is 1. The Balaban J connectivity index is 1.78. The number of rotatable bonds is 8. The maximum atomic E-state index is 13.6. The molecular weight excluding hydrogens is 553 g/mol. The van der Waals surface area contributed by atoms with E-state index < -0.39 is 30.4 Å². The molecule has 0 fully saturated rings. The fraction of sp³-hybridized carbons (Fsp3) is 0.292. The summed E-state index contributed by atoms with van der Waals surface area (Å²) in [5.41, 5.74) is 7.34. The topological polar surface area (TPSA) is 159 Å². The average Bonchev–Trinajstić information content (AvgIpc) is 3.52. The van der Waals surface area contributed by atoms with Gasteiger partial charge in [-0.1, -0.05) is 17.7 Å². The minimum Gasteiger partial charge on any atom is -0.350 e. The molecule has 3 heterocycles. The first-order valence-electron chi connectivity index (χ1n) is 11.9. The van der Waals surface area contributed by atoms with Gasteiger partial charge in [0.15, 0.2) is 5.82 Å². The van der Waals surface area contributed by atoms with Gasteiger partial charge in [-0.25, -0.2) is 14.3 Å². The summed E-state index contributed by atoms with van der Waals surface area (Å²) >= 11 is 6.30. The van der Waals surface area contributed by atoms with Gasteiger partial charge in [0.2, 0.25) is 0 Å². The summed E-state index contributed by atoms with van der Waals surface area (Å²) in [6.45, 7) is 4.95. The molecule has 0 radical (unpaired) electrons. The fourth-order valence-electron chi connectivity index (χ4n) is 3.87. The quantitative estimate of drug-likeness (QED) is 0.288. The number of amides is 2. The minimum atomic E-state index is -4.81.